The van der Waals surface area contributed by atoms with E-state index in [-0.39, 0.29) is 11.6 Å². The molecule has 0 radical (unpaired) electrons. The van der Waals surface area contributed by atoms with Crippen molar-refractivity contribution in [1.29, 1.82) is 0 Å². The highest BCUT2D eigenvalue weighted by atomic mass is 35.5. The molecule has 0 aliphatic carbocycles. The molecule has 14 heavy (non-hydrogen) atoms. The highest BCUT2D eigenvalue weighted by molar-refractivity contribution is 6.17. The van der Waals surface area contributed by atoms with Crippen molar-refractivity contribution in [2.75, 3.05) is 5.43 Å². The zero-order valence-corrected chi connectivity index (χ0v) is 7.89. The fourth-order valence-corrected chi connectivity index (χ4v) is 1.32. The number of alkyl halides is 3. The third-order valence-corrected chi connectivity index (χ3v) is 1.91. The number of nitrogens with two attached hydrogens (primary N) is 1. The summed E-state index contributed by atoms with van der Waals surface area (Å²) >= 11 is 5.58. The quantitative estimate of drug-likeness (QED) is 0.467. The summed E-state index contributed by atoms with van der Waals surface area (Å²) in [6, 6.07) is 4.57. The van der Waals surface area contributed by atoms with Crippen molar-refractivity contribution in [1.82, 2.24) is 0 Å². The fraction of sp³-hybridized carbons (Fsp3) is 0.250. The summed E-state index contributed by atoms with van der Waals surface area (Å²) < 4.78 is 28.2. The summed E-state index contributed by atoms with van der Waals surface area (Å²) in [6.45, 7) is -2.87. The molecule has 1 rings (SSSR count). The molecule has 0 unspecified atom stereocenters. The van der Waals surface area contributed by atoms with Crippen LogP contribution < -0.4 is 16.0 Å². The van der Waals surface area contributed by atoms with Crippen molar-refractivity contribution in [3.05, 3.63) is 23.8 Å². The Balaban J connectivity index is 3.02. The van der Waals surface area contributed by atoms with Gasteiger partial charge in [-0.05, 0) is 12.1 Å². The van der Waals surface area contributed by atoms with Crippen LogP contribution in [0.3, 0.4) is 0 Å². The molecule has 0 fully saturated rings. The number of anilines is 1. The minimum absolute atomic E-state index is 0.0328. The lowest BCUT2D eigenvalue weighted by atomic mass is 10.2. The van der Waals surface area contributed by atoms with Gasteiger partial charge in [0.2, 0.25) is 0 Å². The minimum Gasteiger partial charge on any atom is -0.434 e. The molecule has 1 aromatic carbocycles. The zero-order chi connectivity index (χ0) is 10.6. The standard InChI is InChI=1S/C8H9ClF2N2O/c9-4-5-6(13-12)2-1-3-7(5)14-8(10)11/h1-3,8,13H,4,12H2. The lowest BCUT2D eigenvalue weighted by Gasteiger charge is -2.12. The van der Waals surface area contributed by atoms with E-state index in [4.69, 9.17) is 17.4 Å². The third kappa shape index (κ3) is 2.46. The summed E-state index contributed by atoms with van der Waals surface area (Å²) in [6.07, 6.45) is 0. The molecule has 0 aliphatic rings. The second kappa shape index (κ2) is 4.97. The Labute approximate surface area is 84.8 Å². The van der Waals surface area contributed by atoms with Crippen molar-refractivity contribution in [2.24, 2.45) is 5.84 Å². The van der Waals surface area contributed by atoms with Crippen LogP contribution in [0, 0.1) is 0 Å². The first-order chi connectivity index (χ1) is 6.69. The predicted molar refractivity (Wildman–Crippen MR) is 50.4 cm³/mol. The molecular formula is C8H9ClF2N2O. The number of halogens is 3. The normalized spacial score (nSPS) is 10.4. The number of hydrogen-bond donors (Lipinski definition) is 2. The highest BCUT2D eigenvalue weighted by Crippen LogP contribution is 2.28. The van der Waals surface area contributed by atoms with Crippen LogP contribution in [0.2, 0.25) is 0 Å². The molecule has 0 heterocycles. The van der Waals surface area contributed by atoms with E-state index in [1.165, 1.54) is 6.07 Å². The molecule has 0 saturated heterocycles. The maximum absolute atomic E-state index is 12.0. The number of hydrazine groups is 1. The maximum Gasteiger partial charge on any atom is 0.387 e. The summed E-state index contributed by atoms with van der Waals surface area (Å²) in [7, 11) is 0. The van der Waals surface area contributed by atoms with Gasteiger partial charge in [0.05, 0.1) is 11.6 Å². The Bertz CT molecular complexity index is 309. The van der Waals surface area contributed by atoms with Crippen molar-refractivity contribution in [3.8, 4) is 5.75 Å². The fourth-order valence-electron chi connectivity index (χ4n) is 1.05. The van der Waals surface area contributed by atoms with Crippen LogP contribution in [0.5, 0.6) is 5.75 Å². The lowest BCUT2D eigenvalue weighted by molar-refractivity contribution is -0.0502. The molecule has 3 N–H and O–H groups in total. The number of hydrogen-bond acceptors (Lipinski definition) is 3. The number of nitrogens with one attached hydrogen (secondary N) is 1. The van der Waals surface area contributed by atoms with Gasteiger partial charge in [0.25, 0.3) is 0 Å². The minimum atomic E-state index is -2.87. The molecule has 0 aliphatic heterocycles. The maximum atomic E-state index is 12.0. The van der Waals surface area contributed by atoms with Crippen molar-refractivity contribution < 1.29 is 13.5 Å². The van der Waals surface area contributed by atoms with Gasteiger partial charge in [-0.25, -0.2) is 0 Å². The van der Waals surface area contributed by atoms with Crippen molar-refractivity contribution >= 4 is 17.3 Å². The number of nitrogen functional groups attached to an aromatic ring is 1. The Morgan fingerprint density at radius 3 is 2.71 bits per heavy atom. The molecule has 0 amide bonds. The highest BCUT2D eigenvalue weighted by Gasteiger charge is 2.11. The Morgan fingerprint density at radius 2 is 2.21 bits per heavy atom. The molecule has 0 atom stereocenters. The smallest absolute Gasteiger partial charge is 0.387 e. The molecule has 3 nitrogen and oxygen atoms in total. The van der Waals surface area contributed by atoms with Gasteiger partial charge in [-0.1, -0.05) is 6.07 Å². The molecule has 0 bridgehead atoms. The van der Waals surface area contributed by atoms with E-state index in [9.17, 15) is 8.78 Å². The largest absolute Gasteiger partial charge is 0.434 e. The molecule has 6 heteroatoms. The first-order valence-corrected chi connectivity index (χ1v) is 4.31. The van der Waals surface area contributed by atoms with Gasteiger partial charge in [0.1, 0.15) is 5.75 Å². The first kappa shape index (κ1) is 11.0. The van der Waals surface area contributed by atoms with Crippen LogP contribution in [-0.2, 0) is 5.88 Å². The number of rotatable bonds is 4. The van der Waals surface area contributed by atoms with Crippen LogP contribution in [0.1, 0.15) is 5.56 Å². The van der Waals surface area contributed by atoms with E-state index in [1.54, 1.807) is 12.1 Å². The van der Waals surface area contributed by atoms with Gasteiger partial charge < -0.3 is 10.2 Å². The van der Waals surface area contributed by atoms with Gasteiger partial charge in [-0.2, -0.15) is 8.78 Å². The number of benzene rings is 1. The molecular weight excluding hydrogens is 214 g/mol. The summed E-state index contributed by atoms with van der Waals surface area (Å²) in [5, 5.41) is 0. The molecule has 0 spiro atoms. The Hall–Kier alpha value is -1.07. The van der Waals surface area contributed by atoms with Crippen LogP contribution in [-0.4, -0.2) is 6.61 Å². The second-order valence-corrected chi connectivity index (χ2v) is 2.71. The van der Waals surface area contributed by atoms with E-state index in [0.717, 1.165) is 0 Å². The average molecular weight is 223 g/mol. The van der Waals surface area contributed by atoms with Gasteiger partial charge >= 0.3 is 6.61 Å². The Morgan fingerprint density at radius 1 is 1.50 bits per heavy atom. The predicted octanol–water partition coefficient (Wildman–Crippen LogP) is 2.31. The second-order valence-electron chi connectivity index (χ2n) is 2.44. The molecule has 0 saturated carbocycles. The average Bonchev–Trinajstić information content (AvgIpc) is 2.16. The SMILES string of the molecule is NNc1cccc(OC(F)F)c1CCl. The molecule has 78 valence electrons. The van der Waals surface area contributed by atoms with E-state index in [2.05, 4.69) is 10.2 Å². The van der Waals surface area contributed by atoms with Gasteiger partial charge in [0.15, 0.2) is 0 Å². The van der Waals surface area contributed by atoms with Crippen LogP contribution in [0.15, 0.2) is 18.2 Å². The molecule has 0 aromatic heterocycles. The Kier molecular flexibility index (Phi) is 3.91. The van der Waals surface area contributed by atoms with E-state index < -0.39 is 6.61 Å². The monoisotopic (exact) mass is 222 g/mol. The van der Waals surface area contributed by atoms with Gasteiger partial charge in [-0.3, -0.25) is 5.84 Å². The summed E-state index contributed by atoms with van der Waals surface area (Å²) in [4.78, 5) is 0. The molecule has 1 aromatic rings. The third-order valence-electron chi connectivity index (χ3n) is 1.64. The van der Waals surface area contributed by atoms with Crippen molar-refractivity contribution in [3.63, 3.8) is 0 Å². The van der Waals surface area contributed by atoms with Crippen LogP contribution >= 0.6 is 11.6 Å². The van der Waals surface area contributed by atoms with E-state index in [1.807, 2.05) is 0 Å². The van der Waals surface area contributed by atoms with Crippen LogP contribution in [0.25, 0.3) is 0 Å². The lowest BCUT2D eigenvalue weighted by Crippen LogP contribution is -2.11. The zero-order valence-electron chi connectivity index (χ0n) is 7.14. The van der Waals surface area contributed by atoms with Gasteiger partial charge in [0, 0.05) is 5.56 Å². The topological polar surface area (TPSA) is 47.3 Å². The number of ether oxygens (including phenoxy) is 1. The van der Waals surface area contributed by atoms with Gasteiger partial charge in [-0.15, -0.1) is 11.6 Å². The summed E-state index contributed by atoms with van der Waals surface area (Å²) in [5.74, 6) is 5.25. The van der Waals surface area contributed by atoms with E-state index >= 15 is 0 Å². The first-order valence-electron chi connectivity index (χ1n) is 3.78. The van der Waals surface area contributed by atoms with E-state index in [0.29, 0.717) is 11.3 Å². The summed E-state index contributed by atoms with van der Waals surface area (Å²) in [5.41, 5.74) is 3.24. The van der Waals surface area contributed by atoms with Crippen molar-refractivity contribution in [2.45, 2.75) is 12.5 Å². The van der Waals surface area contributed by atoms with Crippen LogP contribution in [0.4, 0.5) is 14.5 Å².